The molecule has 1 aromatic heterocycles. The van der Waals surface area contributed by atoms with Crippen molar-refractivity contribution in [3.8, 4) is 0 Å². The molecule has 1 aliphatic rings. The topological polar surface area (TPSA) is 93.5 Å². The van der Waals surface area contributed by atoms with Crippen LogP contribution in [0.2, 0.25) is 0 Å². The largest absolute Gasteiger partial charge is 0.462 e. The molecule has 0 bridgehead atoms. The molecule has 0 aromatic carbocycles. The van der Waals surface area contributed by atoms with Crippen molar-refractivity contribution in [2.75, 3.05) is 24.2 Å². The van der Waals surface area contributed by atoms with Gasteiger partial charge in [0.2, 0.25) is 0 Å². The van der Waals surface area contributed by atoms with Crippen LogP contribution in [0.1, 0.15) is 47.2 Å². The van der Waals surface area contributed by atoms with Crippen molar-refractivity contribution in [1.29, 1.82) is 0 Å². The lowest BCUT2D eigenvalue weighted by Gasteiger charge is -2.06. The Hall–Kier alpha value is -1.76. The third-order valence-electron chi connectivity index (χ3n) is 3.39. The summed E-state index contributed by atoms with van der Waals surface area (Å²) in [5.74, 6) is -0.184. The first kappa shape index (κ1) is 15.6. The van der Waals surface area contributed by atoms with Gasteiger partial charge in [0.05, 0.1) is 12.3 Å². The first-order valence-corrected chi connectivity index (χ1v) is 7.95. The number of amides is 1. The van der Waals surface area contributed by atoms with Crippen LogP contribution in [0.4, 0.5) is 10.7 Å². The van der Waals surface area contributed by atoms with E-state index < -0.39 is 5.97 Å². The molecule has 1 fully saturated rings. The van der Waals surface area contributed by atoms with Crippen LogP contribution < -0.4 is 16.4 Å². The minimum absolute atomic E-state index is 0.195. The van der Waals surface area contributed by atoms with Crippen LogP contribution in [-0.2, 0) is 4.74 Å². The summed E-state index contributed by atoms with van der Waals surface area (Å²) >= 11 is 1.21. The number of hydrogen-bond donors (Lipinski definition) is 3. The third kappa shape index (κ3) is 3.29. The summed E-state index contributed by atoms with van der Waals surface area (Å²) in [6, 6.07) is 0.332. The molecule has 1 heterocycles. The second-order valence-electron chi connectivity index (χ2n) is 5.09. The molecule has 0 radical (unpaired) electrons. The lowest BCUT2D eigenvalue weighted by Crippen LogP contribution is -2.22. The first-order chi connectivity index (χ1) is 9.99. The van der Waals surface area contributed by atoms with E-state index in [2.05, 4.69) is 17.6 Å². The van der Waals surface area contributed by atoms with Crippen LogP contribution in [0.5, 0.6) is 0 Å². The van der Waals surface area contributed by atoms with Crippen molar-refractivity contribution in [3.63, 3.8) is 0 Å². The maximum atomic E-state index is 12.1. The van der Waals surface area contributed by atoms with Gasteiger partial charge in [-0.3, -0.25) is 4.79 Å². The van der Waals surface area contributed by atoms with Crippen molar-refractivity contribution in [2.24, 2.45) is 5.92 Å². The molecule has 1 aromatic rings. The van der Waals surface area contributed by atoms with Crippen LogP contribution >= 0.6 is 11.3 Å². The van der Waals surface area contributed by atoms with E-state index in [1.54, 1.807) is 6.92 Å². The smallest absolute Gasteiger partial charge is 0.343 e. The van der Waals surface area contributed by atoms with Crippen molar-refractivity contribution in [2.45, 2.75) is 33.2 Å². The fourth-order valence-corrected chi connectivity index (χ4v) is 3.14. The molecule has 1 saturated carbocycles. The number of thiophene rings is 1. The maximum absolute atomic E-state index is 12.1. The Balaban J connectivity index is 2.33. The summed E-state index contributed by atoms with van der Waals surface area (Å²) in [6.07, 6.45) is 1.05. The lowest BCUT2D eigenvalue weighted by atomic mass is 10.2. The number of ether oxygens (including phenoxy) is 1. The van der Waals surface area contributed by atoms with Gasteiger partial charge in [-0.2, -0.15) is 0 Å². The van der Waals surface area contributed by atoms with E-state index >= 15 is 0 Å². The standard InChI is InChI=1S/C14H21N3O3S/c1-4-16-12(18)11-10(15)9(14(19)20-5-2)13(21-11)17-8-6-7(8)3/h7-8,17H,4-6,15H2,1-3H3,(H,16,18). The molecular formula is C14H21N3O3S. The highest BCUT2D eigenvalue weighted by molar-refractivity contribution is 7.19. The number of esters is 1. The number of carbonyl (C=O) groups is 2. The quantitative estimate of drug-likeness (QED) is 0.699. The summed E-state index contributed by atoms with van der Waals surface area (Å²) in [7, 11) is 0. The Morgan fingerprint density at radius 2 is 2.10 bits per heavy atom. The normalized spacial score (nSPS) is 20.0. The highest BCUT2D eigenvalue weighted by atomic mass is 32.1. The summed E-state index contributed by atoms with van der Waals surface area (Å²) < 4.78 is 5.05. The Bertz CT molecular complexity index is 556. The van der Waals surface area contributed by atoms with Gasteiger partial charge in [-0.1, -0.05) is 6.92 Å². The second kappa shape index (κ2) is 6.34. The van der Waals surface area contributed by atoms with E-state index in [1.807, 2.05) is 6.92 Å². The van der Waals surface area contributed by atoms with Gasteiger partial charge < -0.3 is 21.1 Å². The summed E-state index contributed by atoms with van der Waals surface area (Å²) in [4.78, 5) is 24.5. The van der Waals surface area contributed by atoms with Crippen molar-refractivity contribution < 1.29 is 14.3 Å². The zero-order valence-corrected chi connectivity index (χ0v) is 13.3. The van der Waals surface area contributed by atoms with Crippen LogP contribution in [0, 0.1) is 5.92 Å². The molecule has 0 saturated heterocycles. The predicted octanol–water partition coefficient (Wildman–Crippen LogP) is 2.08. The van der Waals surface area contributed by atoms with Crippen molar-refractivity contribution in [3.05, 3.63) is 10.4 Å². The second-order valence-corrected chi connectivity index (χ2v) is 6.11. The molecule has 2 unspecified atom stereocenters. The van der Waals surface area contributed by atoms with Crippen molar-refractivity contribution >= 4 is 33.9 Å². The first-order valence-electron chi connectivity index (χ1n) is 7.13. The zero-order chi connectivity index (χ0) is 15.6. The maximum Gasteiger partial charge on any atom is 0.343 e. The van der Waals surface area contributed by atoms with Crippen LogP contribution in [-0.4, -0.2) is 31.1 Å². The number of rotatable bonds is 6. The van der Waals surface area contributed by atoms with Gasteiger partial charge in [0.15, 0.2) is 0 Å². The van der Waals surface area contributed by atoms with E-state index in [0.717, 1.165) is 6.42 Å². The Labute approximate surface area is 128 Å². The fourth-order valence-electron chi connectivity index (χ4n) is 2.05. The number of carbonyl (C=O) groups excluding carboxylic acids is 2. The average Bonchev–Trinajstić information content (AvgIpc) is 3.00. The fraction of sp³-hybridized carbons (Fsp3) is 0.571. The van der Waals surface area contributed by atoms with Crippen LogP contribution in [0.15, 0.2) is 0 Å². The molecule has 2 atom stereocenters. The van der Waals surface area contributed by atoms with E-state index in [4.69, 9.17) is 10.5 Å². The Kier molecular flexibility index (Phi) is 4.72. The highest BCUT2D eigenvalue weighted by Gasteiger charge is 2.35. The minimum atomic E-state index is -0.488. The minimum Gasteiger partial charge on any atom is -0.462 e. The van der Waals surface area contributed by atoms with Gasteiger partial charge in [-0.25, -0.2) is 4.79 Å². The number of nitrogen functional groups attached to an aromatic ring is 1. The van der Waals surface area contributed by atoms with E-state index in [0.29, 0.717) is 28.4 Å². The number of nitrogens with two attached hydrogens (primary N) is 1. The molecule has 0 spiro atoms. The summed E-state index contributed by atoms with van der Waals surface area (Å²) in [5, 5.41) is 6.62. The lowest BCUT2D eigenvalue weighted by molar-refractivity contribution is 0.0529. The number of hydrogen-bond acceptors (Lipinski definition) is 6. The average molecular weight is 311 g/mol. The van der Waals surface area contributed by atoms with E-state index in [1.165, 1.54) is 11.3 Å². The van der Waals surface area contributed by atoms with Gasteiger partial charge >= 0.3 is 5.97 Å². The van der Waals surface area contributed by atoms with Gasteiger partial charge in [0.25, 0.3) is 5.91 Å². The molecule has 4 N–H and O–H groups in total. The highest BCUT2D eigenvalue weighted by Crippen LogP contribution is 2.41. The van der Waals surface area contributed by atoms with E-state index in [9.17, 15) is 9.59 Å². The monoisotopic (exact) mass is 311 g/mol. The molecule has 116 valence electrons. The summed E-state index contributed by atoms with van der Waals surface area (Å²) in [5.41, 5.74) is 6.48. The van der Waals surface area contributed by atoms with Crippen LogP contribution in [0.25, 0.3) is 0 Å². The SMILES string of the molecule is CCNC(=O)c1sc(NC2CC2C)c(C(=O)OCC)c1N. The summed E-state index contributed by atoms with van der Waals surface area (Å²) in [6.45, 7) is 6.47. The molecule has 0 aliphatic heterocycles. The Morgan fingerprint density at radius 3 is 2.62 bits per heavy atom. The molecule has 1 amide bonds. The van der Waals surface area contributed by atoms with Gasteiger partial charge in [0, 0.05) is 12.6 Å². The van der Waals surface area contributed by atoms with Gasteiger partial charge in [0.1, 0.15) is 15.4 Å². The number of nitrogens with one attached hydrogen (secondary N) is 2. The Morgan fingerprint density at radius 1 is 1.43 bits per heavy atom. The van der Waals surface area contributed by atoms with Crippen molar-refractivity contribution in [1.82, 2.24) is 5.32 Å². The third-order valence-corrected chi connectivity index (χ3v) is 4.53. The molecule has 2 rings (SSSR count). The van der Waals surface area contributed by atoms with Crippen LogP contribution in [0.3, 0.4) is 0 Å². The zero-order valence-electron chi connectivity index (χ0n) is 12.5. The van der Waals surface area contributed by atoms with Gasteiger partial charge in [-0.15, -0.1) is 11.3 Å². The molecule has 21 heavy (non-hydrogen) atoms. The predicted molar refractivity (Wildman–Crippen MR) is 83.9 cm³/mol. The van der Waals surface area contributed by atoms with E-state index in [-0.39, 0.29) is 23.8 Å². The number of anilines is 2. The molecule has 1 aliphatic carbocycles. The molecule has 7 heteroatoms. The van der Waals surface area contributed by atoms with Gasteiger partial charge in [-0.05, 0) is 26.2 Å². The molecular weight excluding hydrogens is 290 g/mol. The molecule has 6 nitrogen and oxygen atoms in total.